The van der Waals surface area contributed by atoms with Gasteiger partial charge in [-0.05, 0) is 0 Å². The Bertz CT molecular complexity index is 202. The van der Waals surface area contributed by atoms with Crippen LogP contribution in [-0.2, 0) is 0 Å². The lowest BCUT2D eigenvalue weighted by atomic mass is 10.9. The minimum atomic E-state index is 1.73. The van der Waals surface area contributed by atoms with Crippen molar-refractivity contribution in [3.05, 3.63) is 25.3 Å². The van der Waals surface area contributed by atoms with Crippen LogP contribution >= 0.6 is 0 Å². The minimum absolute atomic E-state index is 1.73. The third-order valence-corrected chi connectivity index (χ3v) is 1.13. The van der Waals surface area contributed by atoms with Crippen LogP contribution in [0.4, 0.5) is 0 Å². The summed E-state index contributed by atoms with van der Waals surface area (Å²) >= 11 is 0. The largest absolute Gasteiger partial charge is 0.271 e. The van der Waals surface area contributed by atoms with Crippen LogP contribution < -0.4 is 9.99 Å². The molecule has 0 aliphatic heterocycles. The van der Waals surface area contributed by atoms with Crippen molar-refractivity contribution in [1.29, 1.82) is 0 Å². The predicted octanol–water partition coefficient (Wildman–Crippen LogP) is 0.0494. The molecule has 0 radical (unpaired) electrons. The van der Waals surface area contributed by atoms with Gasteiger partial charge in [-0.25, -0.2) is 4.57 Å². The topological polar surface area (TPSA) is 20.8 Å². The van der Waals surface area contributed by atoms with Crippen molar-refractivity contribution in [2.45, 2.75) is 0 Å². The van der Waals surface area contributed by atoms with Crippen LogP contribution in [0.25, 0.3) is 6.20 Å². The predicted molar refractivity (Wildman–Crippen MR) is 36.3 cm³/mol. The zero-order chi connectivity index (χ0) is 6.69. The van der Waals surface area contributed by atoms with Gasteiger partial charge in [0.1, 0.15) is 6.20 Å². The zero-order valence-corrected chi connectivity index (χ0v) is 5.41. The molecule has 3 heteroatoms. The molecule has 0 bridgehead atoms. The molecule has 0 aliphatic carbocycles. The highest BCUT2D eigenvalue weighted by molar-refractivity contribution is 4.94. The maximum absolute atomic E-state index is 3.60. The number of nitrogens with one attached hydrogen (secondary N) is 1. The van der Waals surface area contributed by atoms with Crippen molar-refractivity contribution in [2.75, 3.05) is 12.5 Å². The van der Waals surface area contributed by atoms with E-state index in [1.54, 1.807) is 6.20 Å². The van der Waals surface area contributed by atoms with Gasteiger partial charge in [-0.15, -0.1) is 4.68 Å². The van der Waals surface area contributed by atoms with E-state index < -0.39 is 0 Å². The van der Waals surface area contributed by atoms with Gasteiger partial charge >= 0.3 is 0 Å². The number of hydrogen-bond acceptors (Lipinski definition) is 1. The van der Waals surface area contributed by atoms with E-state index in [9.17, 15) is 0 Å². The van der Waals surface area contributed by atoms with Crippen molar-refractivity contribution in [3.8, 4) is 0 Å². The molecule has 0 atom stereocenters. The summed E-state index contributed by atoms with van der Waals surface area (Å²) < 4.78 is 3.69. The van der Waals surface area contributed by atoms with Crippen molar-refractivity contribution in [3.63, 3.8) is 0 Å². The van der Waals surface area contributed by atoms with Crippen molar-refractivity contribution in [2.24, 2.45) is 0 Å². The van der Waals surface area contributed by atoms with E-state index in [0.717, 1.165) is 0 Å². The fourth-order valence-corrected chi connectivity index (χ4v) is 0.610. The van der Waals surface area contributed by atoms with E-state index in [0.29, 0.717) is 0 Å². The normalized spacial score (nSPS) is 9.00. The number of imidazole rings is 1. The van der Waals surface area contributed by atoms with E-state index in [2.05, 4.69) is 12.0 Å². The second-order valence-corrected chi connectivity index (χ2v) is 1.67. The molecule has 1 aromatic heterocycles. The standard InChI is InChI=1S/C6H10N3/c1-3-8-4-5-9(6-8)7-2/h3-7H,1H2,2H3/q+1. The van der Waals surface area contributed by atoms with Crippen LogP contribution in [0, 0.1) is 0 Å². The second-order valence-electron chi connectivity index (χ2n) is 1.67. The molecule has 0 aromatic carbocycles. The SMILES string of the molecule is C=C[n+]1ccn(NC)c1. The molecule has 0 fully saturated rings. The minimum Gasteiger partial charge on any atom is -0.259 e. The van der Waals surface area contributed by atoms with Crippen LogP contribution in [0.3, 0.4) is 0 Å². The first-order chi connectivity index (χ1) is 4.36. The summed E-state index contributed by atoms with van der Waals surface area (Å²) in [6.07, 6.45) is 7.42. The highest BCUT2D eigenvalue weighted by Crippen LogP contribution is 1.75. The Hall–Kier alpha value is -1.25. The first-order valence-corrected chi connectivity index (χ1v) is 2.76. The van der Waals surface area contributed by atoms with E-state index >= 15 is 0 Å². The molecule has 0 amide bonds. The van der Waals surface area contributed by atoms with Gasteiger partial charge in [-0.1, -0.05) is 6.58 Å². The summed E-state index contributed by atoms with van der Waals surface area (Å²) in [5, 5.41) is 0. The number of nitrogens with zero attached hydrogens (tertiary/aromatic N) is 2. The van der Waals surface area contributed by atoms with Crippen molar-refractivity contribution < 1.29 is 4.57 Å². The zero-order valence-electron chi connectivity index (χ0n) is 5.41. The molecule has 0 saturated heterocycles. The Morgan fingerprint density at radius 3 is 2.89 bits per heavy atom. The van der Waals surface area contributed by atoms with E-state index in [1.165, 1.54) is 0 Å². The van der Waals surface area contributed by atoms with E-state index in [1.807, 2.05) is 35.0 Å². The number of rotatable bonds is 2. The Morgan fingerprint density at radius 1 is 1.78 bits per heavy atom. The molecule has 48 valence electrons. The molecule has 1 heterocycles. The van der Waals surface area contributed by atoms with E-state index in [-0.39, 0.29) is 0 Å². The lowest BCUT2D eigenvalue weighted by Gasteiger charge is -1.85. The Balaban J connectivity index is 2.86. The van der Waals surface area contributed by atoms with Crippen molar-refractivity contribution in [1.82, 2.24) is 4.68 Å². The molecule has 1 aromatic rings. The van der Waals surface area contributed by atoms with Crippen LogP contribution in [0.15, 0.2) is 25.3 Å². The summed E-state index contributed by atoms with van der Waals surface area (Å²) in [5.41, 5.74) is 2.93. The Morgan fingerprint density at radius 2 is 2.56 bits per heavy atom. The third kappa shape index (κ3) is 1.10. The Labute approximate surface area is 54.2 Å². The van der Waals surface area contributed by atoms with E-state index in [4.69, 9.17) is 0 Å². The number of aromatic nitrogens is 2. The van der Waals surface area contributed by atoms with Gasteiger partial charge in [0, 0.05) is 7.05 Å². The van der Waals surface area contributed by atoms with Gasteiger partial charge in [0.05, 0.1) is 6.20 Å². The summed E-state index contributed by atoms with van der Waals surface area (Å²) in [4.78, 5) is 0. The smallest absolute Gasteiger partial charge is 0.259 e. The third-order valence-electron chi connectivity index (χ3n) is 1.13. The van der Waals surface area contributed by atoms with Crippen molar-refractivity contribution >= 4 is 6.20 Å². The molecule has 0 aliphatic rings. The lowest BCUT2D eigenvalue weighted by molar-refractivity contribution is -0.567. The number of hydrogen-bond donors (Lipinski definition) is 1. The fraction of sp³-hybridized carbons (Fsp3) is 0.167. The average Bonchev–Trinajstić information content (AvgIpc) is 2.34. The second kappa shape index (κ2) is 2.35. The molecule has 1 N–H and O–H groups in total. The fourth-order valence-electron chi connectivity index (χ4n) is 0.610. The van der Waals surface area contributed by atoms with Gasteiger partial charge in [0.2, 0.25) is 0 Å². The summed E-state index contributed by atoms with van der Waals surface area (Å²) in [5.74, 6) is 0. The monoisotopic (exact) mass is 124 g/mol. The molecular weight excluding hydrogens is 114 g/mol. The van der Waals surface area contributed by atoms with Gasteiger partial charge in [0.25, 0.3) is 6.33 Å². The maximum atomic E-state index is 3.60. The molecule has 0 unspecified atom stereocenters. The van der Waals surface area contributed by atoms with Gasteiger partial charge in [0.15, 0.2) is 6.20 Å². The van der Waals surface area contributed by atoms with Gasteiger partial charge in [-0.3, -0.25) is 5.43 Å². The lowest BCUT2D eigenvalue weighted by Crippen LogP contribution is -2.22. The summed E-state index contributed by atoms with van der Waals surface area (Å²) in [7, 11) is 1.85. The quantitative estimate of drug-likeness (QED) is 0.552. The van der Waals surface area contributed by atoms with Gasteiger partial charge in [-0.2, -0.15) is 0 Å². The molecule has 0 spiro atoms. The highest BCUT2D eigenvalue weighted by atomic mass is 15.4. The molecule has 0 saturated carbocycles. The Kier molecular flexibility index (Phi) is 1.53. The van der Waals surface area contributed by atoms with Crippen LogP contribution in [0.1, 0.15) is 0 Å². The molecular formula is C6H10N3+. The van der Waals surface area contributed by atoms with Crippen LogP contribution in [0.2, 0.25) is 0 Å². The molecule has 9 heavy (non-hydrogen) atoms. The first kappa shape index (κ1) is 5.88. The summed E-state index contributed by atoms with van der Waals surface area (Å²) in [6, 6.07) is 0. The first-order valence-electron chi connectivity index (χ1n) is 2.76. The van der Waals surface area contributed by atoms with Crippen LogP contribution in [0.5, 0.6) is 0 Å². The summed E-state index contributed by atoms with van der Waals surface area (Å²) in [6.45, 7) is 3.60. The maximum Gasteiger partial charge on any atom is 0.271 e. The van der Waals surface area contributed by atoms with Crippen LogP contribution in [-0.4, -0.2) is 11.7 Å². The molecule has 3 nitrogen and oxygen atoms in total. The average molecular weight is 124 g/mol. The highest BCUT2D eigenvalue weighted by Gasteiger charge is 1.94. The molecule has 1 rings (SSSR count). The van der Waals surface area contributed by atoms with Gasteiger partial charge < -0.3 is 0 Å².